The first-order valence-corrected chi connectivity index (χ1v) is 16.2. The van der Waals surface area contributed by atoms with Crippen molar-refractivity contribution in [1.82, 2.24) is 10.2 Å². The van der Waals surface area contributed by atoms with Crippen molar-refractivity contribution in [1.29, 1.82) is 0 Å². The number of halogens is 5. The number of hydrogen-bond acceptors (Lipinski definition) is 4. The average molecular weight is 693 g/mol. The van der Waals surface area contributed by atoms with E-state index in [-0.39, 0.29) is 17.9 Å². The van der Waals surface area contributed by atoms with Gasteiger partial charge in [0.15, 0.2) is 0 Å². The monoisotopic (exact) mass is 691 g/mol. The van der Waals surface area contributed by atoms with Crippen LogP contribution < -0.4 is 9.62 Å². The molecule has 4 aromatic rings. The molecule has 0 saturated carbocycles. The lowest BCUT2D eigenvalue weighted by molar-refractivity contribution is -0.139. The summed E-state index contributed by atoms with van der Waals surface area (Å²) in [6.45, 7) is 0.600. The highest BCUT2D eigenvalue weighted by Gasteiger charge is 2.37. The minimum Gasteiger partial charge on any atom is -0.357 e. The van der Waals surface area contributed by atoms with Gasteiger partial charge < -0.3 is 10.2 Å². The number of nitrogens with one attached hydrogen (secondary N) is 1. The Bertz CT molecular complexity index is 1810. The Morgan fingerprint density at radius 3 is 2.11 bits per heavy atom. The number of aryl methyl sites for hydroxylation is 1. The van der Waals surface area contributed by atoms with E-state index in [1.807, 2.05) is 0 Å². The molecule has 0 heterocycles. The number of nitrogens with zero attached hydrogens (tertiary/aromatic N) is 2. The van der Waals surface area contributed by atoms with Crippen LogP contribution in [0.1, 0.15) is 22.3 Å². The maximum atomic E-state index is 14.3. The third-order valence-electron chi connectivity index (χ3n) is 7.25. The van der Waals surface area contributed by atoms with Gasteiger partial charge in [-0.3, -0.25) is 13.9 Å². The number of amides is 2. The molecule has 2 amide bonds. The van der Waals surface area contributed by atoms with Crippen molar-refractivity contribution in [2.24, 2.45) is 0 Å². The summed E-state index contributed by atoms with van der Waals surface area (Å²) in [6, 6.07) is 22.6. The van der Waals surface area contributed by atoms with Crippen molar-refractivity contribution in [3.05, 3.63) is 129 Å². The summed E-state index contributed by atoms with van der Waals surface area (Å²) in [5.74, 6) is -1.40. The first kappa shape index (κ1) is 34.8. The average Bonchev–Trinajstić information content (AvgIpc) is 3.02. The largest absolute Gasteiger partial charge is 0.417 e. The topological polar surface area (TPSA) is 86.8 Å². The minimum absolute atomic E-state index is 0.0561. The van der Waals surface area contributed by atoms with Crippen molar-refractivity contribution in [2.45, 2.75) is 37.0 Å². The second kappa shape index (κ2) is 14.6. The summed E-state index contributed by atoms with van der Waals surface area (Å²) < 4.78 is 70.3. The zero-order valence-electron chi connectivity index (χ0n) is 24.8. The summed E-state index contributed by atoms with van der Waals surface area (Å²) in [4.78, 5) is 28.6. The Hall–Kier alpha value is -4.06. The molecule has 0 spiro atoms. The lowest BCUT2D eigenvalue weighted by atomic mass is 10.0. The highest BCUT2D eigenvalue weighted by molar-refractivity contribution is 7.92. The summed E-state index contributed by atoms with van der Waals surface area (Å²) in [5, 5.41) is 2.22. The SMILES string of the molecule is CNC(=O)[C@H](Cc1ccccc1)N(Cc1ccccc1Cl)C(=O)CN(c1ccc(Cl)c(C(F)(F)F)c1)S(=O)(=O)c1ccc(C)cc1. The Balaban J connectivity index is 1.86. The fourth-order valence-corrected chi connectivity index (χ4v) is 6.61. The van der Waals surface area contributed by atoms with E-state index >= 15 is 0 Å². The Labute approximate surface area is 275 Å². The summed E-state index contributed by atoms with van der Waals surface area (Å²) >= 11 is 12.3. The molecule has 0 aliphatic rings. The molecule has 0 radical (unpaired) electrons. The van der Waals surface area contributed by atoms with Crippen LogP contribution in [0.4, 0.5) is 18.9 Å². The maximum Gasteiger partial charge on any atom is 0.417 e. The van der Waals surface area contributed by atoms with Gasteiger partial charge in [-0.25, -0.2) is 8.42 Å². The Morgan fingerprint density at radius 2 is 1.50 bits per heavy atom. The van der Waals surface area contributed by atoms with Crippen LogP contribution in [0, 0.1) is 6.92 Å². The number of alkyl halides is 3. The van der Waals surface area contributed by atoms with Crippen LogP contribution in [-0.2, 0) is 38.8 Å². The van der Waals surface area contributed by atoms with Gasteiger partial charge >= 0.3 is 6.18 Å². The van der Waals surface area contributed by atoms with E-state index in [1.54, 1.807) is 61.5 Å². The molecule has 0 aliphatic heterocycles. The molecule has 46 heavy (non-hydrogen) atoms. The smallest absolute Gasteiger partial charge is 0.357 e. The van der Waals surface area contributed by atoms with Gasteiger partial charge in [0.2, 0.25) is 11.8 Å². The van der Waals surface area contributed by atoms with Gasteiger partial charge in [-0.2, -0.15) is 13.2 Å². The van der Waals surface area contributed by atoms with Gasteiger partial charge in [0, 0.05) is 25.0 Å². The third-order valence-corrected chi connectivity index (χ3v) is 9.73. The third kappa shape index (κ3) is 8.20. The lowest BCUT2D eigenvalue weighted by Gasteiger charge is -2.34. The zero-order chi connectivity index (χ0) is 33.6. The number of sulfonamides is 1. The van der Waals surface area contributed by atoms with Crippen molar-refractivity contribution in [3.63, 3.8) is 0 Å². The zero-order valence-corrected chi connectivity index (χ0v) is 27.1. The van der Waals surface area contributed by atoms with Crippen LogP contribution in [0.15, 0.2) is 102 Å². The predicted molar refractivity (Wildman–Crippen MR) is 172 cm³/mol. The highest BCUT2D eigenvalue weighted by Crippen LogP contribution is 2.38. The first-order chi connectivity index (χ1) is 21.7. The number of anilines is 1. The summed E-state index contributed by atoms with van der Waals surface area (Å²) in [6.07, 6.45) is -4.85. The minimum atomic E-state index is -4.91. The van der Waals surface area contributed by atoms with E-state index in [4.69, 9.17) is 23.2 Å². The molecule has 0 aliphatic carbocycles. The molecule has 0 aromatic heterocycles. The molecule has 7 nitrogen and oxygen atoms in total. The van der Waals surface area contributed by atoms with Gasteiger partial charge in [-0.15, -0.1) is 0 Å². The molecule has 4 aromatic carbocycles. The van der Waals surface area contributed by atoms with E-state index < -0.39 is 56.9 Å². The van der Waals surface area contributed by atoms with Gasteiger partial charge in [-0.1, -0.05) is 89.4 Å². The number of carbonyl (C=O) groups excluding carboxylic acids is 2. The van der Waals surface area contributed by atoms with E-state index in [0.717, 1.165) is 17.7 Å². The van der Waals surface area contributed by atoms with Crippen molar-refractivity contribution in [2.75, 3.05) is 17.9 Å². The lowest BCUT2D eigenvalue weighted by Crippen LogP contribution is -2.53. The van der Waals surface area contributed by atoms with E-state index in [9.17, 15) is 31.2 Å². The molecular weight excluding hydrogens is 662 g/mol. The number of hydrogen-bond donors (Lipinski definition) is 1. The molecule has 0 bridgehead atoms. The highest BCUT2D eigenvalue weighted by atomic mass is 35.5. The molecule has 13 heteroatoms. The van der Waals surface area contributed by atoms with Crippen molar-refractivity contribution >= 4 is 50.7 Å². The second-order valence-corrected chi connectivity index (χ2v) is 13.1. The van der Waals surface area contributed by atoms with Crippen LogP contribution in [0.25, 0.3) is 0 Å². The predicted octanol–water partition coefficient (Wildman–Crippen LogP) is 6.90. The normalized spacial score (nSPS) is 12.3. The number of carbonyl (C=O) groups is 2. The number of benzene rings is 4. The number of rotatable bonds is 11. The van der Waals surface area contributed by atoms with Crippen LogP contribution in [0.2, 0.25) is 10.0 Å². The molecule has 1 N–H and O–H groups in total. The van der Waals surface area contributed by atoms with Crippen LogP contribution in [-0.4, -0.2) is 44.8 Å². The van der Waals surface area contributed by atoms with Crippen LogP contribution >= 0.6 is 23.2 Å². The van der Waals surface area contributed by atoms with Gasteiger partial charge in [-0.05, 0) is 54.4 Å². The molecule has 1 atom stereocenters. The fourth-order valence-electron chi connectivity index (χ4n) is 4.78. The molecule has 0 fully saturated rings. The van der Waals surface area contributed by atoms with Gasteiger partial charge in [0.05, 0.1) is 21.2 Å². The number of likely N-dealkylation sites (N-methyl/N-ethyl adjacent to an activating group) is 1. The molecule has 0 unspecified atom stereocenters. The van der Waals surface area contributed by atoms with Crippen molar-refractivity contribution in [3.8, 4) is 0 Å². The fraction of sp³-hybridized carbons (Fsp3) is 0.212. The maximum absolute atomic E-state index is 14.3. The van der Waals surface area contributed by atoms with Crippen LogP contribution in [0.5, 0.6) is 0 Å². The second-order valence-electron chi connectivity index (χ2n) is 10.4. The van der Waals surface area contributed by atoms with Gasteiger partial charge in [0.1, 0.15) is 12.6 Å². The van der Waals surface area contributed by atoms with Crippen LogP contribution in [0.3, 0.4) is 0 Å². The van der Waals surface area contributed by atoms with E-state index in [0.29, 0.717) is 26.5 Å². The summed E-state index contributed by atoms with van der Waals surface area (Å²) in [7, 11) is -3.22. The Morgan fingerprint density at radius 1 is 0.870 bits per heavy atom. The van der Waals surface area contributed by atoms with Crippen molar-refractivity contribution < 1.29 is 31.2 Å². The van der Waals surface area contributed by atoms with E-state index in [1.165, 1.54) is 36.2 Å². The first-order valence-electron chi connectivity index (χ1n) is 14.0. The molecular formula is C33H30Cl2F3N3O4S. The van der Waals surface area contributed by atoms with Gasteiger partial charge in [0.25, 0.3) is 10.0 Å². The van der Waals surface area contributed by atoms with E-state index in [2.05, 4.69) is 5.32 Å². The quantitative estimate of drug-likeness (QED) is 0.185. The summed E-state index contributed by atoms with van der Waals surface area (Å²) in [5.41, 5.74) is 0.210. The Kier molecular flexibility index (Phi) is 11.0. The molecule has 242 valence electrons. The molecule has 4 rings (SSSR count). The molecule has 0 saturated heterocycles. The standard InChI is InChI=1S/C33H30Cl2F3N3O4S/c1-22-12-15-26(16-13-22)46(44,45)41(25-14-17-29(35)27(19-25)33(36,37)38)21-31(42)40(20-24-10-6-7-11-28(24)34)30(32(43)39-2)18-23-8-4-3-5-9-23/h3-17,19,30H,18,20-21H2,1-2H3,(H,39,43)/t30-/m0/s1.